The third-order valence-electron chi connectivity index (χ3n) is 5.18. The number of benzene rings is 1. The van der Waals surface area contributed by atoms with E-state index in [9.17, 15) is 14.4 Å². The summed E-state index contributed by atoms with van der Waals surface area (Å²) in [5, 5.41) is 7.26. The van der Waals surface area contributed by atoms with E-state index in [4.69, 9.17) is 10.5 Å². The number of carbonyl (C=O) groups excluding carboxylic acids is 3. The van der Waals surface area contributed by atoms with Gasteiger partial charge in [-0.05, 0) is 28.6 Å². The van der Waals surface area contributed by atoms with Crippen LogP contribution < -0.4 is 11.1 Å². The highest BCUT2D eigenvalue weighted by Gasteiger charge is 2.31. The molecule has 0 saturated carbocycles. The molecule has 33 heavy (non-hydrogen) atoms. The van der Waals surface area contributed by atoms with Gasteiger partial charge in [0, 0.05) is 40.6 Å². The van der Waals surface area contributed by atoms with Crippen LogP contribution in [0.25, 0.3) is 10.6 Å². The number of fused-ring (bicyclic) bond motifs is 1. The van der Waals surface area contributed by atoms with Crippen molar-refractivity contribution in [3.63, 3.8) is 0 Å². The van der Waals surface area contributed by atoms with Gasteiger partial charge < -0.3 is 20.7 Å². The standard InChI is InChI=1S/C23H22N4O4S2/c1-13(20(24)28)8-27-9-18-16(4-3-5-17(18)23(27)30)22-26-19(12-33-22)21(29)25-7-15-6-14(10-31-2)11-32-15/h3-6,11-12H,1,7-10H2,2H3,(H2,24,28)(H,25,29). The Kier molecular flexibility index (Phi) is 6.68. The van der Waals surface area contributed by atoms with E-state index in [0.717, 1.165) is 21.6 Å². The molecule has 3 aromatic rings. The average molecular weight is 483 g/mol. The summed E-state index contributed by atoms with van der Waals surface area (Å²) in [6, 6.07) is 7.41. The van der Waals surface area contributed by atoms with E-state index < -0.39 is 5.91 Å². The molecule has 0 spiro atoms. The Labute approximate surface area is 198 Å². The molecule has 170 valence electrons. The number of thiophene rings is 1. The van der Waals surface area contributed by atoms with Crippen LogP contribution in [0.2, 0.25) is 0 Å². The van der Waals surface area contributed by atoms with E-state index in [2.05, 4.69) is 16.9 Å². The second-order valence-electron chi connectivity index (χ2n) is 7.54. The van der Waals surface area contributed by atoms with Crippen LogP contribution in [0, 0.1) is 0 Å². The number of methoxy groups -OCH3 is 1. The number of aromatic nitrogens is 1. The van der Waals surface area contributed by atoms with Crippen molar-refractivity contribution in [3.8, 4) is 10.6 Å². The van der Waals surface area contributed by atoms with Gasteiger partial charge in [-0.25, -0.2) is 4.98 Å². The fourth-order valence-electron chi connectivity index (χ4n) is 3.55. The zero-order valence-corrected chi connectivity index (χ0v) is 19.6. The van der Waals surface area contributed by atoms with Gasteiger partial charge in [-0.2, -0.15) is 0 Å². The summed E-state index contributed by atoms with van der Waals surface area (Å²) in [4.78, 5) is 43.8. The summed E-state index contributed by atoms with van der Waals surface area (Å²) in [7, 11) is 1.65. The van der Waals surface area contributed by atoms with Crippen LogP contribution in [-0.2, 0) is 29.2 Å². The topological polar surface area (TPSA) is 115 Å². The van der Waals surface area contributed by atoms with E-state index >= 15 is 0 Å². The zero-order valence-electron chi connectivity index (χ0n) is 17.9. The molecular weight excluding hydrogens is 460 g/mol. The molecule has 0 radical (unpaired) electrons. The second-order valence-corrected chi connectivity index (χ2v) is 9.39. The Hall–Kier alpha value is -3.34. The Bertz CT molecular complexity index is 1250. The lowest BCUT2D eigenvalue weighted by atomic mass is 10.0. The molecule has 0 unspecified atom stereocenters. The van der Waals surface area contributed by atoms with Gasteiger partial charge in [0.2, 0.25) is 5.91 Å². The van der Waals surface area contributed by atoms with E-state index in [0.29, 0.717) is 36.0 Å². The number of primary amides is 1. The van der Waals surface area contributed by atoms with Gasteiger partial charge in [-0.15, -0.1) is 22.7 Å². The summed E-state index contributed by atoms with van der Waals surface area (Å²) in [6.45, 7) is 4.98. The molecule has 1 aliphatic heterocycles. The number of ether oxygens (including phenoxy) is 1. The van der Waals surface area contributed by atoms with Gasteiger partial charge >= 0.3 is 0 Å². The Morgan fingerprint density at radius 1 is 1.27 bits per heavy atom. The van der Waals surface area contributed by atoms with Crippen molar-refractivity contribution >= 4 is 40.4 Å². The zero-order chi connectivity index (χ0) is 23.5. The molecule has 1 aromatic carbocycles. The van der Waals surface area contributed by atoms with Crippen molar-refractivity contribution in [2.45, 2.75) is 19.7 Å². The predicted octanol–water partition coefficient (Wildman–Crippen LogP) is 2.95. The average Bonchev–Trinajstić information content (AvgIpc) is 3.52. The van der Waals surface area contributed by atoms with Gasteiger partial charge in [0.25, 0.3) is 11.8 Å². The number of hydrogen-bond acceptors (Lipinski definition) is 7. The molecule has 4 rings (SSSR count). The van der Waals surface area contributed by atoms with Crippen LogP contribution in [0.3, 0.4) is 0 Å². The molecule has 0 bridgehead atoms. The van der Waals surface area contributed by atoms with Crippen molar-refractivity contribution in [1.82, 2.24) is 15.2 Å². The summed E-state index contributed by atoms with van der Waals surface area (Å²) in [5.41, 5.74) is 8.99. The first-order chi connectivity index (χ1) is 15.9. The lowest BCUT2D eigenvalue weighted by molar-refractivity contribution is -0.114. The van der Waals surface area contributed by atoms with Gasteiger partial charge in [0.1, 0.15) is 10.7 Å². The minimum Gasteiger partial charge on any atom is -0.380 e. The SMILES string of the molecule is C=C(CN1Cc2c(cccc2-c2nc(C(=O)NCc3cc(COC)cs3)cs2)C1=O)C(N)=O. The first kappa shape index (κ1) is 22.8. The summed E-state index contributed by atoms with van der Waals surface area (Å²) in [6.07, 6.45) is 0. The second kappa shape index (κ2) is 9.65. The molecule has 0 fully saturated rings. The summed E-state index contributed by atoms with van der Waals surface area (Å²) >= 11 is 2.91. The van der Waals surface area contributed by atoms with Crippen LogP contribution >= 0.6 is 22.7 Å². The van der Waals surface area contributed by atoms with Crippen molar-refractivity contribution in [3.05, 3.63) is 74.4 Å². The highest BCUT2D eigenvalue weighted by molar-refractivity contribution is 7.13. The molecule has 2 aromatic heterocycles. The molecule has 3 heterocycles. The number of amides is 3. The lowest BCUT2D eigenvalue weighted by Gasteiger charge is -2.15. The highest BCUT2D eigenvalue weighted by Crippen LogP contribution is 2.34. The van der Waals surface area contributed by atoms with Crippen LogP contribution in [0.15, 0.2) is 47.2 Å². The van der Waals surface area contributed by atoms with E-state index in [-0.39, 0.29) is 23.9 Å². The maximum absolute atomic E-state index is 12.8. The van der Waals surface area contributed by atoms with Gasteiger partial charge in [0.15, 0.2) is 0 Å². The van der Waals surface area contributed by atoms with Gasteiger partial charge in [-0.3, -0.25) is 14.4 Å². The van der Waals surface area contributed by atoms with Crippen molar-refractivity contribution in [1.29, 1.82) is 0 Å². The molecule has 1 aliphatic rings. The fraction of sp³-hybridized carbons (Fsp3) is 0.217. The van der Waals surface area contributed by atoms with Crippen molar-refractivity contribution in [2.24, 2.45) is 5.73 Å². The van der Waals surface area contributed by atoms with Crippen LogP contribution in [-0.4, -0.2) is 41.3 Å². The number of nitrogens with one attached hydrogen (secondary N) is 1. The largest absolute Gasteiger partial charge is 0.380 e. The monoisotopic (exact) mass is 482 g/mol. The molecular formula is C23H22N4O4S2. The number of carbonyl (C=O) groups is 3. The van der Waals surface area contributed by atoms with Crippen LogP contribution in [0.5, 0.6) is 0 Å². The quantitative estimate of drug-likeness (QED) is 0.455. The smallest absolute Gasteiger partial charge is 0.271 e. The molecule has 3 amide bonds. The summed E-state index contributed by atoms with van der Waals surface area (Å²) in [5.74, 6) is -1.08. The minimum absolute atomic E-state index is 0.0721. The first-order valence-corrected chi connectivity index (χ1v) is 11.8. The van der Waals surface area contributed by atoms with E-state index in [1.54, 1.807) is 36.0 Å². The fourth-order valence-corrected chi connectivity index (χ4v) is 5.21. The third kappa shape index (κ3) is 4.87. The predicted molar refractivity (Wildman–Crippen MR) is 127 cm³/mol. The Morgan fingerprint density at radius 2 is 2.06 bits per heavy atom. The first-order valence-electron chi connectivity index (χ1n) is 10.1. The Morgan fingerprint density at radius 3 is 2.82 bits per heavy atom. The number of nitrogens with zero attached hydrogens (tertiary/aromatic N) is 2. The van der Waals surface area contributed by atoms with Crippen molar-refractivity contribution < 1.29 is 19.1 Å². The molecule has 0 aliphatic carbocycles. The maximum atomic E-state index is 12.8. The minimum atomic E-state index is -0.632. The lowest BCUT2D eigenvalue weighted by Crippen LogP contribution is -2.30. The van der Waals surface area contributed by atoms with E-state index in [1.807, 2.05) is 17.5 Å². The molecule has 0 atom stereocenters. The van der Waals surface area contributed by atoms with Crippen molar-refractivity contribution in [2.75, 3.05) is 13.7 Å². The molecule has 0 saturated heterocycles. The maximum Gasteiger partial charge on any atom is 0.271 e. The molecule has 10 heteroatoms. The van der Waals surface area contributed by atoms with Crippen LogP contribution in [0.1, 0.15) is 36.9 Å². The number of hydrogen-bond donors (Lipinski definition) is 2. The highest BCUT2D eigenvalue weighted by atomic mass is 32.1. The normalized spacial score (nSPS) is 12.6. The molecule has 8 nitrogen and oxygen atoms in total. The number of rotatable bonds is 9. The van der Waals surface area contributed by atoms with Gasteiger partial charge in [-0.1, -0.05) is 18.7 Å². The summed E-state index contributed by atoms with van der Waals surface area (Å²) < 4.78 is 5.12. The Balaban J connectivity index is 1.47. The van der Waals surface area contributed by atoms with Crippen LogP contribution in [0.4, 0.5) is 0 Å². The molecule has 3 N–H and O–H groups in total. The number of nitrogens with two attached hydrogens (primary N) is 1. The third-order valence-corrected chi connectivity index (χ3v) is 7.04. The van der Waals surface area contributed by atoms with Gasteiger partial charge in [0.05, 0.1) is 19.7 Å². The van der Waals surface area contributed by atoms with E-state index in [1.165, 1.54) is 16.2 Å². The number of thiazole rings is 1.